The van der Waals surface area contributed by atoms with Crippen LogP contribution in [0.5, 0.6) is 0 Å². The third-order valence-electron chi connectivity index (χ3n) is 3.27. The van der Waals surface area contributed by atoms with Gasteiger partial charge in [0.15, 0.2) is 0 Å². The smallest absolute Gasteiger partial charge is 0.326 e. The molecule has 0 radical (unpaired) electrons. The lowest BCUT2D eigenvalue weighted by molar-refractivity contribution is -0.150. The van der Waals surface area contributed by atoms with Crippen LogP contribution in [-0.4, -0.2) is 34.4 Å². The number of aryl methyl sites for hydroxylation is 2. The number of rotatable bonds is 8. The van der Waals surface area contributed by atoms with Crippen LogP contribution >= 0.6 is 0 Å². The molecule has 0 bridgehead atoms. The Morgan fingerprint density at radius 1 is 1.53 bits per heavy atom. The van der Waals surface area contributed by atoms with Crippen LogP contribution in [0.15, 0.2) is 12.3 Å². The quantitative estimate of drug-likeness (QED) is 0.731. The number of hydrogen-bond acceptors (Lipinski definition) is 4. The van der Waals surface area contributed by atoms with E-state index < -0.39 is 5.54 Å². The number of carbonyl (C=O) groups is 1. The van der Waals surface area contributed by atoms with Crippen LogP contribution in [0.4, 0.5) is 0 Å². The van der Waals surface area contributed by atoms with E-state index in [0.29, 0.717) is 6.61 Å². The summed E-state index contributed by atoms with van der Waals surface area (Å²) in [6, 6.07) is 1.98. The molecule has 1 rings (SSSR count). The van der Waals surface area contributed by atoms with Gasteiger partial charge in [0.2, 0.25) is 0 Å². The third kappa shape index (κ3) is 4.35. The van der Waals surface area contributed by atoms with Crippen LogP contribution in [0.25, 0.3) is 0 Å². The highest BCUT2D eigenvalue weighted by atomic mass is 16.5. The lowest BCUT2D eigenvalue weighted by Gasteiger charge is -2.28. The molecule has 1 heterocycles. The lowest BCUT2D eigenvalue weighted by atomic mass is 9.95. The molecule has 1 N–H and O–H groups in total. The first kappa shape index (κ1) is 15.7. The SMILES string of the molecule is CCNC(C)(CCCn1nccc1C)C(=O)OCC. The number of esters is 1. The van der Waals surface area contributed by atoms with Gasteiger partial charge in [-0.05, 0) is 46.2 Å². The van der Waals surface area contributed by atoms with Crippen LogP contribution in [0, 0.1) is 6.92 Å². The number of likely N-dealkylation sites (N-methyl/N-ethyl adjacent to an activating group) is 1. The Morgan fingerprint density at radius 3 is 2.79 bits per heavy atom. The first-order valence-corrected chi connectivity index (χ1v) is 6.94. The van der Waals surface area contributed by atoms with E-state index in [0.717, 1.165) is 31.6 Å². The highest BCUT2D eigenvalue weighted by Crippen LogP contribution is 2.15. The average Bonchev–Trinajstić information content (AvgIpc) is 2.76. The second kappa shape index (κ2) is 7.28. The van der Waals surface area contributed by atoms with Gasteiger partial charge in [-0.15, -0.1) is 0 Å². The number of nitrogens with zero attached hydrogens (tertiary/aromatic N) is 2. The van der Waals surface area contributed by atoms with Crippen LogP contribution in [0.3, 0.4) is 0 Å². The van der Waals surface area contributed by atoms with Gasteiger partial charge in [-0.3, -0.25) is 9.48 Å². The van der Waals surface area contributed by atoms with Gasteiger partial charge in [0, 0.05) is 18.4 Å². The van der Waals surface area contributed by atoms with Gasteiger partial charge in [0.05, 0.1) is 6.61 Å². The minimum Gasteiger partial charge on any atom is -0.465 e. The van der Waals surface area contributed by atoms with Gasteiger partial charge >= 0.3 is 5.97 Å². The van der Waals surface area contributed by atoms with E-state index in [9.17, 15) is 4.79 Å². The highest BCUT2D eigenvalue weighted by Gasteiger charge is 2.33. The van der Waals surface area contributed by atoms with Crippen LogP contribution in [0.2, 0.25) is 0 Å². The molecule has 0 aliphatic rings. The first-order valence-electron chi connectivity index (χ1n) is 6.94. The van der Waals surface area contributed by atoms with Crippen LogP contribution in [0.1, 0.15) is 39.3 Å². The average molecular weight is 267 g/mol. The molecule has 0 saturated heterocycles. The summed E-state index contributed by atoms with van der Waals surface area (Å²) >= 11 is 0. The summed E-state index contributed by atoms with van der Waals surface area (Å²) in [5, 5.41) is 7.48. The van der Waals surface area contributed by atoms with E-state index in [4.69, 9.17) is 4.74 Å². The molecular weight excluding hydrogens is 242 g/mol. The third-order valence-corrected chi connectivity index (χ3v) is 3.27. The van der Waals surface area contributed by atoms with Crippen molar-refractivity contribution < 1.29 is 9.53 Å². The van der Waals surface area contributed by atoms with Gasteiger partial charge < -0.3 is 10.1 Å². The van der Waals surface area contributed by atoms with Crippen molar-refractivity contribution in [2.24, 2.45) is 0 Å². The van der Waals surface area contributed by atoms with Crippen molar-refractivity contribution in [2.75, 3.05) is 13.2 Å². The molecule has 1 aromatic heterocycles. The van der Waals surface area contributed by atoms with Crippen molar-refractivity contribution in [2.45, 2.75) is 52.6 Å². The second-order valence-electron chi connectivity index (χ2n) is 4.88. The van der Waals surface area contributed by atoms with Gasteiger partial charge in [0.1, 0.15) is 5.54 Å². The number of nitrogens with one attached hydrogen (secondary N) is 1. The molecule has 0 aliphatic carbocycles. The monoisotopic (exact) mass is 267 g/mol. The van der Waals surface area contributed by atoms with Crippen LogP contribution < -0.4 is 5.32 Å². The van der Waals surface area contributed by atoms with E-state index >= 15 is 0 Å². The fourth-order valence-electron chi connectivity index (χ4n) is 2.16. The number of carbonyl (C=O) groups excluding carboxylic acids is 1. The second-order valence-corrected chi connectivity index (χ2v) is 4.88. The predicted octanol–water partition coefficient (Wildman–Crippen LogP) is 1.90. The van der Waals surface area contributed by atoms with Crippen molar-refractivity contribution in [1.82, 2.24) is 15.1 Å². The minimum atomic E-state index is -0.605. The zero-order chi connectivity index (χ0) is 14.3. The predicted molar refractivity (Wildman–Crippen MR) is 74.9 cm³/mol. The van der Waals surface area contributed by atoms with E-state index in [1.807, 2.05) is 38.4 Å². The van der Waals surface area contributed by atoms with Crippen molar-refractivity contribution >= 4 is 5.97 Å². The van der Waals surface area contributed by atoms with Gasteiger partial charge in [0.25, 0.3) is 0 Å². The molecular formula is C14H25N3O2. The normalized spacial score (nSPS) is 14.1. The van der Waals surface area contributed by atoms with E-state index in [1.165, 1.54) is 0 Å². The summed E-state index contributed by atoms with van der Waals surface area (Å²) in [6.07, 6.45) is 3.41. The molecule has 0 spiro atoms. The molecule has 1 unspecified atom stereocenters. The van der Waals surface area contributed by atoms with Gasteiger partial charge in [-0.1, -0.05) is 6.92 Å². The molecule has 0 aromatic carbocycles. The van der Waals surface area contributed by atoms with E-state index in [1.54, 1.807) is 6.20 Å². The Morgan fingerprint density at radius 2 is 2.26 bits per heavy atom. The summed E-state index contributed by atoms with van der Waals surface area (Å²) in [6.45, 7) is 9.74. The molecule has 19 heavy (non-hydrogen) atoms. The van der Waals surface area contributed by atoms with Crippen molar-refractivity contribution in [3.63, 3.8) is 0 Å². The number of ether oxygens (including phenoxy) is 1. The Kier molecular flexibility index (Phi) is 6.02. The zero-order valence-corrected chi connectivity index (χ0v) is 12.4. The molecule has 108 valence electrons. The molecule has 0 saturated carbocycles. The fourth-order valence-corrected chi connectivity index (χ4v) is 2.16. The fraction of sp³-hybridized carbons (Fsp3) is 0.714. The molecule has 1 atom stereocenters. The molecule has 5 heteroatoms. The number of hydrogen-bond donors (Lipinski definition) is 1. The topological polar surface area (TPSA) is 56.2 Å². The van der Waals surface area contributed by atoms with Gasteiger partial charge in [-0.25, -0.2) is 0 Å². The Bertz CT molecular complexity index is 403. The Labute approximate surface area is 115 Å². The summed E-state index contributed by atoms with van der Waals surface area (Å²) in [7, 11) is 0. The maximum atomic E-state index is 12.0. The molecule has 5 nitrogen and oxygen atoms in total. The van der Waals surface area contributed by atoms with Gasteiger partial charge in [-0.2, -0.15) is 5.10 Å². The summed E-state index contributed by atoms with van der Waals surface area (Å²) in [4.78, 5) is 12.0. The van der Waals surface area contributed by atoms with Crippen molar-refractivity contribution in [1.29, 1.82) is 0 Å². The summed E-state index contributed by atoms with van der Waals surface area (Å²) < 4.78 is 7.10. The molecule has 0 fully saturated rings. The van der Waals surface area contributed by atoms with E-state index in [-0.39, 0.29) is 5.97 Å². The Hall–Kier alpha value is -1.36. The number of aromatic nitrogens is 2. The molecule has 0 aliphatic heterocycles. The van der Waals surface area contributed by atoms with E-state index in [2.05, 4.69) is 10.4 Å². The van der Waals surface area contributed by atoms with Crippen molar-refractivity contribution in [3.8, 4) is 0 Å². The minimum absolute atomic E-state index is 0.172. The largest absolute Gasteiger partial charge is 0.465 e. The molecule has 1 aromatic rings. The maximum Gasteiger partial charge on any atom is 0.326 e. The zero-order valence-electron chi connectivity index (χ0n) is 12.4. The van der Waals surface area contributed by atoms with Crippen molar-refractivity contribution in [3.05, 3.63) is 18.0 Å². The standard InChI is InChI=1S/C14H25N3O2/c1-5-15-14(4,13(18)19-6-2)9-7-11-17-12(3)8-10-16-17/h8,10,15H,5-7,9,11H2,1-4H3. The summed E-state index contributed by atoms with van der Waals surface area (Å²) in [5.41, 5.74) is 0.535. The molecule has 0 amide bonds. The Balaban J connectivity index is 2.54. The maximum absolute atomic E-state index is 12.0. The highest BCUT2D eigenvalue weighted by molar-refractivity contribution is 5.80. The lowest BCUT2D eigenvalue weighted by Crippen LogP contribution is -2.50. The first-order chi connectivity index (χ1) is 9.03. The van der Waals surface area contributed by atoms with Crippen LogP contribution in [-0.2, 0) is 16.1 Å². The summed E-state index contributed by atoms with van der Waals surface area (Å²) in [5.74, 6) is -0.172.